The van der Waals surface area contributed by atoms with Crippen LogP contribution in [0.1, 0.15) is 12.8 Å². The molecule has 0 aliphatic rings. The predicted octanol–water partition coefficient (Wildman–Crippen LogP) is 3.91. The highest BCUT2D eigenvalue weighted by Crippen LogP contribution is 2.33. The predicted molar refractivity (Wildman–Crippen MR) is 69.3 cm³/mol. The van der Waals surface area contributed by atoms with Crippen molar-refractivity contribution in [3.63, 3.8) is 0 Å². The third kappa shape index (κ3) is 3.75. The largest absolute Gasteiger partial charge is 0.492 e. The van der Waals surface area contributed by atoms with Crippen LogP contribution in [0.3, 0.4) is 0 Å². The third-order valence-electron chi connectivity index (χ3n) is 1.93. The number of ether oxygens (including phenoxy) is 1. The Balaban J connectivity index is 2.66. The summed E-state index contributed by atoms with van der Waals surface area (Å²) in [5.74, 6) is 0.517. The van der Waals surface area contributed by atoms with Crippen LogP contribution in [-0.2, 0) is 0 Å². The lowest BCUT2D eigenvalue weighted by molar-refractivity contribution is -0.385. The van der Waals surface area contributed by atoms with Gasteiger partial charge in [0.1, 0.15) is 10.2 Å². The van der Waals surface area contributed by atoms with Crippen molar-refractivity contribution >= 4 is 37.5 Å². The van der Waals surface area contributed by atoms with Gasteiger partial charge >= 0.3 is 0 Å². The SMILES string of the molecule is O=[N+]([O-])c1cccc(OCCCCBr)c1Br. The fraction of sp³-hybridized carbons (Fsp3) is 0.400. The second kappa shape index (κ2) is 6.85. The maximum absolute atomic E-state index is 10.7. The van der Waals surface area contributed by atoms with Gasteiger partial charge in [-0.2, -0.15) is 0 Å². The fourth-order valence-electron chi connectivity index (χ4n) is 1.13. The average molecular weight is 353 g/mol. The molecule has 0 heterocycles. The lowest BCUT2D eigenvalue weighted by Crippen LogP contribution is -1.99. The zero-order valence-corrected chi connectivity index (χ0v) is 11.7. The average Bonchev–Trinajstić information content (AvgIpc) is 2.26. The van der Waals surface area contributed by atoms with E-state index in [1.807, 2.05) is 0 Å². The van der Waals surface area contributed by atoms with Gasteiger partial charge in [-0.05, 0) is 34.8 Å². The smallest absolute Gasteiger partial charge is 0.287 e. The summed E-state index contributed by atoms with van der Waals surface area (Å²) in [4.78, 5) is 10.2. The summed E-state index contributed by atoms with van der Waals surface area (Å²) in [6.45, 7) is 0.561. The minimum atomic E-state index is -0.435. The summed E-state index contributed by atoms with van der Waals surface area (Å²) < 4.78 is 5.86. The zero-order valence-electron chi connectivity index (χ0n) is 8.49. The molecule has 0 aliphatic carbocycles. The van der Waals surface area contributed by atoms with E-state index in [4.69, 9.17) is 4.74 Å². The number of nitro groups is 1. The molecular formula is C10H11Br2NO3. The van der Waals surface area contributed by atoms with E-state index in [0.717, 1.165) is 18.2 Å². The molecule has 0 atom stereocenters. The van der Waals surface area contributed by atoms with Crippen LogP contribution in [0.4, 0.5) is 5.69 Å². The number of hydrogen-bond donors (Lipinski definition) is 0. The number of rotatable bonds is 6. The van der Waals surface area contributed by atoms with Crippen molar-refractivity contribution < 1.29 is 9.66 Å². The van der Waals surface area contributed by atoms with Crippen molar-refractivity contribution in [3.8, 4) is 5.75 Å². The Kier molecular flexibility index (Phi) is 5.76. The molecular weight excluding hydrogens is 342 g/mol. The number of unbranched alkanes of at least 4 members (excludes halogenated alkanes) is 1. The van der Waals surface area contributed by atoms with E-state index in [0.29, 0.717) is 16.8 Å². The van der Waals surface area contributed by atoms with Crippen LogP contribution in [0.15, 0.2) is 22.7 Å². The molecule has 16 heavy (non-hydrogen) atoms. The van der Waals surface area contributed by atoms with Crippen LogP contribution in [-0.4, -0.2) is 16.9 Å². The van der Waals surface area contributed by atoms with Crippen molar-refractivity contribution in [2.24, 2.45) is 0 Å². The molecule has 0 saturated carbocycles. The fourth-order valence-corrected chi connectivity index (χ4v) is 2.05. The standard InChI is InChI=1S/C10H11Br2NO3/c11-6-1-2-7-16-9-5-3-4-8(10(9)12)13(14)15/h3-5H,1-2,6-7H2. The minimum absolute atomic E-state index is 0.0259. The van der Waals surface area contributed by atoms with Crippen molar-refractivity contribution in [2.75, 3.05) is 11.9 Å². The van der Waals surface area contributed by atoms with Crippen LogP contribution in [0.5, 0.6) is 5.75 Å². The van der Waals surface area contributed by atoms with Gasteiger partial charge < -0.3 is 4.74 Å². The monoisotopic (exact) mass is 351 g/mol. The normalized spacial score (nSPS) is 10.1. The summed E-state index contributed by atoms with van der Waals surface area (Å²) in [6.07, 6.45) is 1.94. The molecule has 88 valence electrons. The molecule has 6 heteroatoms. The van der Waals surface area contributed by atoms with Crippen molar-refractivity contribution in [1.29, 1.82) is 0 Å². The van der Waals surface area contributed by atoms with Gasteiger partial charge in [0, 0.05) is 11.4 Å². The van der Waals surface area contributed by atoms with Gasteiger partial charge in [0.2, 0.25) is 0 Å². The summed E-state index contributed by atoms with van der Waals surface area (Å²) in [6, 6.07) is 4.77. The maximum atomic E-state index is 10.7. The number of nitro benzene ring substituents is 1. The summed E-state index contributed by atoms with van der Waals surface area (Å²) in [7, 11) is 0. The molecule has 1 aromatic rings. The van der Waals surface area contributed by atoms with Gasteiger partial charge in [-0.1, -0.05) is 22.0 Å². The summed E-state index contributed by atoms with van der Waals surface area (Å²) in [5.41, 5.74) is 0.0259. The number of nitrogens with zero attached hydrogens (tertiary/aromatic N) is 1. The quantitative estimate of drug-likeness (QED) is 0.337. The first-order valence-electron chi connectivity index (χ1n) is 4.78. The zero-order chi connectivity index (χ0) is 12.0. The van der Waals surface area contributed by atoms with Crippen molar-refractivity contribution in [3.05, 3.63) is 32.8 Å². The molecule has 1 aromatic carbocycles. The minimum Gasteiger partial charge on any atom is -0.492 e. The second-order valence-electron chi connectivity index (χ2n) is 3.09. The number of alkyl halides is 1. The molecule has 0 aliphatic heterocycles. The summed E-state index contributed by atoms with van der Waals surface area (Å²) in [5, 5.41) is 11.6. The number of halogens is 2. The molecule has 4 nitrogen and oxygen atoms in total. The second-order valence-corrected chi connectivity index (χ2v) is 4.68. The Morgan fingerprint density at radius 1 is 1.38 bits per heavy atom. The highest BCUT2D eigenvalue weighted by atomic mass is 79.9. The molecule has 0 spiro atoms. The van der Waals surface area contributed by atoms with E-state index in [-0.39, 0.29) is 5.69 Å². The molecule has 0 amide bonds. The van der Waals surface area contributed by atoms with E-state index in [1.165, 1.54) is 6.07 Å². The van der Waals surface area contributed by atoms with Crippen LogP contribution in [0.25, 0.3) is 0 Å². The Morgan fingerprint density at radius 3 is 2.75 bits per heavy atom. The molecule has 0 unspecified atom stereocenters. The van der Waals surface area contributed by atoms with Crippen molar-refractivity contribution in [2.45, 2.75) is 12.8 Å². The highest BCUT2D eigenvalue weighted by molar-refractivity contribution is 9.10. The third-order valence-corrected chi connectivity index (χ3v) is 3.28. The highest BCUT2D eigenvalue weighted by Gasteiger charge is 2.15. The Bertz CT molecular complexity index is 371. The lowest BCUT2D eigenvalue weighted by atomic mass is 10.3. The van der Waals surface area contributed by atoms with Gasteiger partial charge in [-0.25, -0.2) is 0 Å². The molecule has 0 fully saturated rings. The van der Waals surface area contributed by atoms with Crippen LogP contribution in [0, 0.1) is 10.1 Å². The maximum Gasteiger partial charge on any atom is 0.287 e. The van der Waals surface area contributed by atoms with Crippen molar-refractivity contribution in [1.82, 2.24) is 0 Å². The van der Waals surface area contributed by atoms with Gasteiger partial charge in [0.25, 0.3) is 5.69 Å². The van der Waals surface area contributed by atoms with E-state index < -0.39 is 4.92 Å². The lowest BCUT2D eigenvalue weighted by Gasteiger charge is -2.07. The molecule has 0 N–H and O–H groups in total. The van der Waals surface area contributed by atoms with Gasteiger partial charge in [0.05, 0.1) is 11.5 Å². The van der Waals surface area contributed by atoms with E-state index in [9.17, 15) is 10.1 Å². The topological polar surface area (TPSA) is 52.4 Å². The molecule has 1 rings (SSSR count). The Hall–Kier alpha value is -0.620. The first-order chi connectivity index (χ1) is 7.66. The van der Waals surface area contributed by atoms with Gasteiger partial charge in [-0.3, -0.25) is 10.1 Å². The van der Waals surface area contributed by atoms with E-state index in [1.54, 1.807) is 12.1 Å². The molecule has 0 bridgehead atoms. The van der Waals surface area contributed by atoms with E-state index in [2.05, 4.69) is 31.9 Å². The van der Waals surface area contributed by atoms with Crippen LogP contribution in [0.2, 0.25) is 0 Å². The van der Waals surface area contributed by atoms with Crippen LogP contribution < -0.4 is 4.74 Å². The van der Waals surface area contributed by atoms with E-state index >= 15 is 0 Å². The number of hydrogen-bond acceptors (Lipinski definition) is 3. The Labute approximate surface area is 110 Å². The van der Waals surface area contributed by atoms with Gasteiger partial charge in [-0.15, -0.1) is 0 Å². The number of benzene rings is 1. The first-order valence-corrected chi connectivity index (χ1v) is 6.70. The summed E-state index contributed by atoms with van der Waals surface area (Å²) >= 11 is 6.50. The first kappa shape index (κ1) is 13.4. The Morgan fingerprint density at radius 2 is 2.12 bits per heavy atom. The van der Waals surface area contributed by atoms with Crippen LogP contribution >= 0.6 is 31.9 Å². The molecule has 0 radical (unpaired) electrons. The molecule has 0 aromatic heterocycles. The van der Waals surface area contributed by atoms with Gasteiger partial charge in [0.15, 0.2) is 0 Å². The molecule has 0 saturated heterocycles.